The zero-order valence-electron chi connectivity index (χ0n) is 11.9. The molecule has 0 spiro atoms. The van der Waals surface area contributed by atoms with Crippen molar-refractivity contribution in [2.24, 2.45) is 5.92 Å². The molecular formula is C15H20FN3. The number of aryl methyl sites for hydroxylation is 2. The highest BCUT2D eigenvalue weighted by molar-refractivity contribution is 5.45. The van der Waals surface area contributed by atoms with E-state index in [2.05, 4.69) is 24.1 Å². The van der Waals surface area contributed by atoms with Gasteiger partial charge in [0.1, 0.15) is 5.82 Å². The molecule has 1 N–H and O–H groups in total. The van der Waals surface area contributed by atoms with Crippen molar-refractivity contribution in [1.82, 2.24) is 9.55 Å². The Morgan fingerprint density at radius 2 is 2.00 bits per heavy atom. The summed E-state index contributed by atoms with van der Waals surface area (Å²) in [6.07, 6.45) is 1.91. The fourth-order valence-electron chi connectivity index (χ4n) is 1.97. The van der Waals surface area contributed by atoms with E-state index in [0.717, 1.165) is 29.4 Å². The van der Waals surface area contributed by atoms with E-state index in [1.165, 1.54) is 12.1 Å². The van der Waals surface area contributed by atoms with Crippen LogP contribution in [0.2, 0.25) is 0 Å². The Morgan fingerprint density at radius 3 is 2.63 bits per heavy atom. The number of hydrogen-bond acceptors (Lipinski definition) is 2. The zero-order valence-corrected chi connectivity index (χ0v) is 11.9. The molecule has 1 aromatic carbocycles. The number of anilines is 1. The monoisotopic (exact) mass is 261 g/mol. The second-order valence-corrected chi connectivity index (χ2v) is 5.34. The molecule has 0 bridgehead atoms. The molecule has 0 radical (unpaired) electrons. The van der Waals surface area contributed by atoms with Crippen molar-refractivity contribution in [3.05, 3.63) is 41.5 Å². The normalized spacial score (nSPS) is 11.1. The summed E-state index contributed by atoms with van der Waals surface area (Å²) in [5, 5.41) is 3.30. The number of aromatic nitrogens is 2. The van der Waals surface area contributed by atoms with Crippen molar-refractivity contribution in [3.8, 4) is 5.69 Å². The first-order chi connectivity index (χ1) is 8.95. The molecule has 3 nitrogen and oxygen atoms in total. The van der Waals surface area contributed by atoms with Gasteiger partial charge < -0.3 is 5.32 Å². The molecule has 0 atom stereocenters. The molecule has 4 heteroatoms. The minimum Gasteiger partial charge on any atom is -0.355 e. The van der Waals surface area contributed by atoms with Crippen LogP contribution < -0.4 is 5.32 Å². The van der Waals surface area contributed by atoms with Crippen molar-refractivity contribution >= 4 is 5.95 Å². The summed E-state index contributed by atoms with van der Waals surface area (Å²) in [6, 6.07) is 4.99. The third-order valence-electron chi connectivity index (χ3n) is 2.80. The number of nitrogens with one attached hydrogen (secondary N) is 1. The van der Waals surface area contributed by atoms with Crippen LogP contribution in [0, 0.1) is 25.6 Å². The van der Waals surface area contributed by atoms with Gasteiger partial charge in [-0.15, -0.1) is 0 Å². The van der Waals surface area contributed by atoms with Gasteiger partial charge in [0.05, 0.1) is 11.4 Å². The van der Waals surface area contributed by atoms with E-state index in [-0.39, 0.29) is 5.82 Å². The van der Waals surface area contributed by atoms with Gasteiger partial charge in [0, 0.05) is 12.7 Å². The van der Waals surface area contributed by atoms with Crippen molar-refractivity contribution in [3.63, 3.8) is 0 Å². The van der Waals surface area contributed by atoms with Gasteiger partial charge in [-0.25, -0.2) is 9.37 Å². The molecule has 0 aliphatic heterocycles. The molecule has 0 fully saturated rings. The highest BCUT2D eigenvalue weighted by atomic mass is 19.1. The van der Waals surface area contributed by atoms with E-state index in [9.17, 15) is 4.39 Å². The van der Waals surface area contributed by atoms with Gasteiger partial charge in [-0.2, -0.15) is 0 Å². The van der Waals surface area contributed by atoms with Crippen molar-refractivity contribution < 1.29 is 4.39 Å². The molecule has 0 saturated carbocycles. The van der Waals surface area contributed by atoms with Crippen LogP contribution in [-0.4, -0.2) is 16.1 Å². The Balaban J connectivity index is 2.37. The Labute approximate surface area is 113 Å². The van der Waals surface area contributed by atoms with Gasteiger partial charge >= 0.3 is 0 Å². The molecule has 102 valence electrons. The first-order valence-corrected chi connectivity index (χ1v) is 6.53. The van der Waals surface area contributed by atoms with Gasteiger partial charge in [-0.1, -0.05) is 13.8 Å². The lowest BCUT2D eigenvalue weighted by Gasteiger charge is -2.12. The average molecular weight is 261 g/mol. The molecule has 2 aromatic rings. The Morgan fingerprint density at radius 1 is 1.26 bits per heavy atom. The van der Waals surface area contributed by atoms with Crippen LogP contribution in [0.1, 0.15) is 25.1 Å². The van der Waals surface area contributed by atoms with Gasteiger partial charge in [0.2, 0.25) is 5.95 Å². The quantitative estimate of drug-likeness (QED) is 0.909. The van der Waals surface area contributed by atoms with Crippen molar-refractivity contribution in [2.75, 3.05) is 11.9 Å². The van der Waals surface area contributed by atoms with Gasteiger partial charge in [-0.3, -0.25) is 4.57 Å². The first-order valence-electron chi connectivity index (χ1n) is 6.53. The first kappa shape index (κ1) is 13.6. The summed E-state index contributed by atoms with van der Waals surface area (Å²) in [5.41, 5.74) is 2.61. The number of nitrogens with zero attached hydrogens (tertiary/aromatic N) is 2. The topological polar surface area (TPSA) is 29.9 Å². The second kappa shape index (κ2) is 5.43. The highest BCUT2D eigenvalue weighted by Crippen LogP contribution is 2.19. The molecule has 0 unspecified atom stereocenters. The summed E-state index contributed by atoms with van der Waals surface area (Å²) < 4.78 is 15.4. The van der Waals surface area contributed by atoms with Crippen LogP contribution in [-0.2, 0) is 0 Å². The van der Waals surface area contributed by atoms with Crippen molar-refractivity contribution in [1.29, 1.82) is 0 Å². The third kappa shape index (κ3) is 3.34. The highest BCUT2D eigenvalue weighted by Gasteiger charge is 2.09. The van der Waals surface area contributed by atoms with Gasteiger partial charge in [-0.05, 0) is 43.5 Å². The molecule has 19 heavy (non-hydrogen) atoms. The molecule has 0 saturated heterocycles. The predicted octanol–water partition coefficient (Wildman–Crippen LogP) is 3.70. The summed E-state index contributed by atoms with van der Waals surface area (Å²) >= 11 is 0. The van der Waals surface area contributed by atoms with E-state index in [1.807, 2.05) is 30.7 Å². The minimum atomic E-state index is -0.226. The van der Waals surface area contributed by atoms with Crippen LogP contribution in [0.4, 0.5) is 10.3 Å². The number of benzene rings is 1. The number of hydrogen-bond donors (Lipinski definition) is 1. The summed E-state index contributed by atoms with van der Waals surface area (Å²) in [6.45, 7) is 8.94. The summed E-state index contributed by atoms with van der Waals surface area (Å²) in [7, 11) is 0. The average Bonchev–Trinajstić information content (AvgIpc) is 2.66. The number of rotatable bonds is 4. The number of halogens is 1. The maximum atomic E-state index is 13.5. The molecule has 1 aromatic heterocycles. The van der Waals surface area contributed by atoms with Crippen LogP contribution in [0.25, 0.3) is 5.69 Å². The van der Waals surface area contributed by atoms with Crippen LogP contribution in [0.15, 0.2) is 24.4 Å². The van der Waals surface area contributed by atoms with E-state index < -0.39 is 0 Å². The van der Waals surface area contributed by atoms with E-state index in [4.69, 9.17) is 0 Å². The maximum absolute atomic E-state index is 13.5. The van der Waals surface area contributed by atoms with Crippen LogP contribution in [0.3, 0.4) is 0 Å². The smallest absolute Gasteiger partial charge is 0.207 e. The summed E-state index contributed by atoms with van der Waals surface area (Å²) in [4.78, 5) is 4.45. The SMILES string of the molecule is Cc1cc(F)cc(-n2cc(C)nc2NCC(C)C)c1. The summed E-state index contributed by atoms with van der Waals surface area (Å²) in [5.74, 6) is 1.06. The van der Waals surface area contributed by atoms with Gasteiger partial charge in [0.25, 0.3) is 0 Å². The Kier molecular flexibility index (Phi) is 3.88. The standard InChI is InChI=1S/C15H20FN3/c1-10(2)8-17-15-18-12(4)9-19(15)14-6-11(3)5-13(16)7-14/h5-7,9-10H,8H2,1-4H3,(H,17,18). The van der Waals surface area contributed by atoms with E-state index >= 15 is 0 Å². The fraction of sp³-hybridized carbons (Fsp3) is 0.400. The lowest BCUT2D eigenvalue weighted by Crippen LogP contribution is -2.12. The third-order valence-corrected chi connectivity index (χ3v) is 2.80. The lowest BCUT2D eigenvalue weighted by atomic mass is 10.2. The van der Waals surface area contributed by atoms with Crippen LogP contribution in [0.5, 0.6) is 0 Å². The van der Waals surface area contributed by atoms with Crippen LogP contribution >= 0.6 is 0 Å². The largest absolute Gasteiger partial charge is 0.355 e. The zero-order chi connectivity index (χ0) is 14.0. The maximum Gasteiger partial charge on any atom is 0.207 e. The fourth-order valence-corrected chi connectivity index (χ4v) is 1.97. The van der Waals surface area contributed by atoms with E-state index in [0.29, 0.717) is 5.92 Å². The lowest BCUT2D eigenvalue weighted by molar-refractivity contribution is 0.625. The molecule has 0 aliphatic carbocycles. The number of imidazole rings is 1. The second-order valence-electron chi connectivity index (χ2n) is 5.34. The molecule has 2 rings (SSSR count). The van der Waals surface area contributed by atoms with Crippen molar-refractivity contribution in [2.45, 2.75) is 27.7 Å². The molecular weight excluding hydrogens is 241 g/mol. The molecule has 0 aliphatic rings. The molecule has 1 heterocycles. The van der Waals surface area contributed by atoms with E-state index in [1.54, 1.807) is 0 Å². The predicted molar refractivity (Wildman–Crippen MR) is 76.3 cm³/mol. The Hall–Kier alpha value is -1.84. The minimum absolute atomic E-state index is 0.226. The Bertz CT molecular complexity index is 553. The molecule has 0 amide bonds. The van der Waals surface area contributed by atoms with Gasteiger partial charge in [0.15, 0.2) is 0 Å².